The lowest BCUT2D eigenvalue weighted by Crippen LogP contribution is -2.29. The summed E-state index contributed by atoms with van der Waals surface area (Å²) in [5, 5.41) is 10.2. The normalized spacial score (nSPS) is 34.2. The van der Waals surface area contributed by atoms with Gasteiger partial charge in [0.1, 0.15) is 0 Å². The molecule has 0 bridgehead atoms. The second-order valence-corrected chi connectivity index (χ2v) is 6.86. The number of aliphatic hydroxyl groups excluding tert-OH is 1. The Hall–Kier alpha value is -1.24. The van der Waals surface area contributed by atoms with Gasteiger partial charge in [0, 0.05) is 12.0 Å². The predicted octanol–water partition coefficient (Wildman–Crippen LogP) is 5.62. The second kappa shape index (κ2) is 5.63. The molecule has 0 heterocycles. The van der Waals surface area contributed by atoms with Crippen LogP contribution in [0.2, 0.25) is 0 Å². The Kier molecular flexibility index (Phi) is 3.87. The molecule has 0 aromatic carbocycles. The SMILES string of the molecule is CC1([C@@H]2C=C(C3=C(O)CCC=C3)CCC2)CC=CCC1. The van der Waals surface area contributed by atoms with Crippen molar-refractivity contribution in [2.45, 2.75) is 58.3 Å². The quantitative estimate of drug-likeness (QED) is 0.645. The van der Waals surface area contributed by atoms with Crippen molar-refractivity contribution in [3.63, 3.8) is 0 Å². The molecule has 0 spiro atoms. The first-order chi connectivity index (χ1) is 9.69. The highest BCUT2D eigenvalue weighted by Crippen LogP contribution is 2.46. The van der Waals surface area contributed by atoms with E-state index >= 15 is 0 Å². The minimum absolute atomic E-state index is 0.426. The molecule has 3 aliphatic carbocycles. The number of hydrogen-bond donors (Lipinski definition) is 1. The molecule has 3 aliphatic rings. The maximum Gasteiger partial charge on any atom is 0.1000 e. The Morgan fingerprint density at radius 2 is 2.05 bits per heavy atom. The molecule has 0 radical (unpaired) electrons. The molecule has 0 saturated carbocycles. The van der Waals surface area contributed by atoms with Crippen LogP contribution in [-0.4, -0.2) is 5.11 Å². The Bertz CT molecular complexity index is 492. The van der Waals surface area contributed by atoms with Crippen molar-refractivity contribution in [3.05, 3.63) is 47.3 Å². The lowest BCUT2D eigenvalue weighted by molar-refractivity contribution is 0.186. The van der Waals surface area contributed by atoms with Crippen LogP contribution in [0, 0.1) is 11.3 Å². The fraction of sp³-hybridized carbons (Fsp3) is 0.579. The van der Waals surface area contributed by atoms with Gasteiger partial charge in [-0.2, -0.15) is 0 Å². The zero-order valence-corrected chi connectivity index (χ0v) is 12.6. The molecule has 0 aliphatic heterocycles. The van der Waals surface area contributed by atoms with Crippen molar-refractivity contribution in [1.82, 2.24) is 0 Å². The van der Waals surface area contributed by atoms with Crippen LogP contribution in [0.15, 0.2) is 47.3 Å². The smallest absolute Gasteiger partial charge is 0.1000 e. The zero-order valence-electron chi connectivity index (χ0n) is 12.6. The fourth-order valence-electron chi connectivity index (χ4n) is 3.96. The van der Waals surface area contributed by atoms with Crippen molar-refractivity contribution in [2.75, 3.05) is 0 Å². The lowest BCUT2D eigenvalue weighted by atomic mass is 9.65. The maximum absolute atomic E-state index is 10.2. The fourth-order valence-corrected chi connectivity index (χ4v) is 3.96. The highest BCUT2D eigenvalue weighted by molar-refractivity contribution is 5.44. The minimum atomic E-state index is 0.426. The molecule has 1 nitrogen and oxygen atoms in total. The molecule has 0 saturated heterocycles. The van der Waals surface area contributed by atoms with Gasteiger partial charge in [-0.05, 0) is 61.9 Å². The van der Waals surface area contributed by atoms with Crippen molar-refractivity contribution in [3.8, 4) is 0 Å². The van der Waals surface area contributed by atoms with Crippen molar-refractivity contribution >= 4 is 0 Å². The van der Waals surface area contributed by atoms with Crippen LogP contribution in [0.25, 0.3) is 0 Å². The van der Waals surface area contributed by atoms with Crippen LogP contribution in [0.1, 0.15) is 58.3 Å². The first-order valence-electron chi connectivity index (χ1n) is 8.14. The van der Waals surface area contributed by atoms with Gasteiger partial charge in [0.05, 0.1) is 5.76 Å². The van der Waals surface area contributed by atoms with Gasteiger partial charge in [0.2, 0.25) is 0 Å². The molecular weight excluding hydrogens is 244 g/mol. The monoisotopic (exact) mass is 270 g/mol. The second-order valence-electron chi connectivity index (χ2n) is 6.86. The summed E-state index contributed by atoms with van der Waals surface area (Å²) in [7, 11) is 0. The summed E-state index contributed by atoms with van der Waals surface area (Å²) in [4.78, 5) is 0. The van der Waals surface area contributed by atoms with E-state index in [9.17, 15) is 5.11 Å². The van der Waals surface area contributed by atoms with Crippen LogP contribution in [0.3, 0.4) is 0 Å². The van der Waals surface area contributed by atoms with Gasteiger partial charge in [-0.3, -0.25) is 0 Å². The highest BCUT2D eigenvalue weighted by atomic mass is 16.3. The zero-order chi connectivity index (χ0) is 14.0. The molecule has 0 aromatic rings. The number of hydrogen-bond acceptors (Lipinski definition) is 1. The number of allylic oxidation sites excluding steroid dienone is 8. The van der Waals surface area contributed by atoms with Crippen LogP contribution in [0.4, 0.5) is 0 Å². The lowest BCUT2D eigenvalue weighted by Gasteiger charge is -2.40. The van der Waals surface area contributed by atoms with E-state index in [0.29, 0.717) is 17.1 Å². The maximum atomic E-state index is 10.2. The molecule has 1 unspecified atom stereocenters. The standard InChI is InChI=1S/C19H26O/c1-19(12-5-2-6-13-19)16-9-7-8-15(14-16)17-10-3-4-11-18(17)20/h2-3,5,10,14,16,20H,4,6-9,11-13H2,1H3/t16-,19?/m0/s1. The third-order valence-electron chi connectivity index (χ3n) is 5.38. The van der Waals surface area contributed by atoms with Gasteiger partial charge >= 0.3 is 0 Å². The molecule has 0 amide bonds. The van der Waals surface area contributed by atoms with Gasteiger partial charge in [-0.15, -0.1) is 0 Å². The molecule has 0 aromatic heterocycles. The van der Waals surface area contributed by atoms with E-state index in [2.05, 4.69) is 37.3 Å². The Morgan fingerprint density at radius 1 is 1.15 bits per heavy atom. The number of rotatable bonds is 2. The third kappa shape index (κ3) is 2.63. The number of aliphatic hydroxyl groups is 1. The Morgan fingerprint density at radius 3 is 2.80 bits per heavy atom. The predicted molar refractivity (Wildman–Crippen MR) is 84.6 cm³/mol. The van der Waals surface area contributed by atoms with E-state index in [1.807, 2.05) is 0 Å². The van der Waals surface area contributed by atoms with E-state index in [-0.39, 0.29) is 0 Å². The largest absolute Gasteiger partial charge is 0.512 e. The Labute approximate surface area is 122 Å². The van der Waals surface area contributed by atoms with E-state index in [1.54, 1.807) is 0 Å². The Balaban J connectivity index is 1.86. The minimum Gasteiger partial charge on any atom is -0.512 e. The average Bonchev–Trinajstić information content (AvgIpc) is 2.49. The molecule has 108 valence electrons. The summed E-state index contributed by atoms with van der Waals surface area (Å²) in [5.41, 5.74) is 2.94. The van der Waals surface area contributed by atoms with Gasteiger partial charge < -0.3 is 5.11 Å². The third-order valence-corrected chi connectivity index (χ3v) is 5.38. The van der Waals surface area contributed by atoms with E-state index in [0.717, 1.165) is 24.8 Å². The van der Waals surface area contributed by atoms with Crippen LogP contribution in [-0.2, 0) is 0 Å². The summed E-state index contributed by atoms with van der Waals surface area (Å²) in [5.74, 6) is 1.28. The van der Waals surface area contributed by atoms with Crippen molar-refractivity contribution in [1.29, 1.82) is 0 Å². The summed E-state index contributed by atoms with van der Waals surface area (Å²) < 4.78 is 0. The molecule has 1 heteroatoms. The first kappa shape index (κ1) is 13.7. The van der Waals surface area contributed by atoms with Gasteiger partial charge in [0.25, 0.3) is 0 Å². The molecule has 0 fully saturated rings. The molecular formula is C19H26O. The first-order valence-corrected chi connectivity index (χ1v) is 8.14. The van der Waals surface area contributed by atoms with Crippen molar-refractivity contribution < 1.29 is 5.11 Å². The summed E-state index contributed by atoms with van der Waals surface area (Å²) >= 11 is 0. The topological polar surface area (TPSA) is 20.2 Å². The molecule has 2 atom stereocenters. The van der Waals surface area contributed by atoms with Crippen LogP contribution < -0.4 is 0 Å². The molecule has 3 rings (SSSR count). The van der Waals surface area contributed by atoms with E-state index in [1.165, 1.54) is 37.7 Å². The van der Waals surface area contributed by atoms with Gasteiger partial charge in [-0.25, -0.2) is 0 Å². The van der Waals surface area contributed by atoms with E-state index < -0.39 is 0 Å². The van der Waals surface area contributed by atoms with Crippen LogP contribution in [0.5, 0.6) is 0 Å². The van der Waals surface area contributed by atoms with Crippen LogP contribution >= 0.6 is 0 Å². The summed E-state index contributed by atoms with van der Waals surface area (Å²) in [6, 6.07) is 0. The highest BCUT2D eigenvalue weighted by Gasteiger charge is 2.34. The molecule has 20 heavy (non-hydrogen) atoms. The summed E-state index contributed by atoms with van der Waals surface area (Å²) in [6.07, 6.45) is 20.8. The summed E-state index contributed by atoms with van der Waals surface area (Å²) in [6.45, 7) is 2.45. The van der Waals surface area contributed by atoms with Gasteiger partial charge in [0.15, 0.2) is 0 Å². The van der Waals surface area contributed by atoms with E-state index in [4.69, 9.17) is 0 Å². The molecule has 1 N–H and O–H groups in total. The van der Waals surface area contributed by atoms with Crippen molar-refractivity contribution in [2.24, 2.45) is 11.3 Å². The average molecular weight is 270 g/mol. The van der Waals surface area contributed by atoms with Gasteiger partial charge in [-0.1, -0.05) is 37.3 Å².